The second kappa shape index (κ2) is 6.71. The van der Waals surface area contributed by atoms with Crippen molar-refractivity contribution in [3.63, 3.8) is 0 Å². The molecule has 0 unspecified atom stereocenters. The molecule has 4 heteroatoms. The molecule has 2 aromatic rings. The van der Waals surface area contributed by atoms with E-state index in [0.29, 0.717) is 5.56 Å². The number of ketones is 2. The van der Waals surface area contributed by atoms with E-state index in [9.17, 15) is 9.59 Å². The van der Waals surface area contributed by atoms with Crippen molar-refractivity contribution in [1.82, 2.24) is 9.88 Å². The van der Waals surface area contributed by atoms with Crippen LogP contribution in [0.4, 0.5) is 0 Å². The molecule has 4 nitrogen and oxygen atoms in total. The lowest BCUT2D eigenvalue weighted by atomic mass is 9.93. The normalized spacial score (nSPS) is 13.3. The quantitative estimate of drug-likeness (QED) is 0.814. The maximum Gasteiger partial charge on any atom is 0.159 e. The van der Waals surface area contributed by atoms with Gasteiger partial charge in [-0.2, -0.15) is 0 Å². The largest absolute Gasteiger partial charge is 0.387 e. The molecule has 0 amide bonds. The van der Waals surface area contributed by atoms with Crippen molar-refractivity contribution in [2.24, 2.45) is 0 Å². The molecule has 0 fully saturated rings. The van der Waals surface area contributed by atoms with Crippen LogP contribution in [-0.2, 0) is 17.8 Å². The summed E-state index contributed by atoms with van der Waals surface area (Å²) in [4.78, 5) is 23.6. The Morgan fingerprint density at radius 2 is 1.92 bits per heavy atom. The fraction of sp³-hybridized carbons (Fsp3) is 0.333. The number of nitrogens with zero attached hydrogens (tertiary/aromatic N) is 1. The zero-order chi connectivity index (χ0) is 18.1. The minimum Gasteiger partial charge on any atom is -0.387 e. The molecule has 1 aromatic heterocycles. The smallest absolute Gasteiger partial charge is 0.159 e. The first-order valence-corrected chi connectivity index (χ1v) is 8.65. The number of aromatic nitrogens is 1. The van der Waals surface area contributed by atoms with Crippen molar-refractivity contribution in [1.29, 1.82) is 0 Å². The summed E-state index contributed by atoms with van der Waals surface area (Å²) < 4.78 is 2.30. The predicted octanol–water partition coefficient (Wildman–Crippen LogP) is 3.89. The number of allylic oxidation sites excluding steroid dienone is 2. The highest BCUT2D eigenvalue weighted by Crippen LogP contribution is 2.34. The van der Waals surface area contributed by atoms with E-state index >= 15 is 0 Å². The van der Waals surface area contributed by atoms with E-state index in [1.807, 2.05) is 31.2 Å². The first-order chi connectivity index (χ1) is 11.9. The molecule has 1 aliphatic rings. The van der Waals surface area contributed by atoms with Gasteiger partial charge in [0.25, 0.3) is 0 Å². The van der Waals surface area contributed by atoms with Gasteiger partial charge in [-0.3, -0.25) is 9.59 Å². The molecule has 130 valence electrons. The van der Waals surface area contributed by atoms with Gasteiger partial charge in [0, 0.05) is 46.5 Å². The van der Waals surface area contributed by atoms with E-state index in [0.717, 1.165) is 53.7 Å². The molecule has 0 saturated heterocycles. The van der Waals surface area contributed by atoms with Gasteiger partial charge in [0.05, 0.1) is 0 Å². The second-order valence-electron chi connectivity index (χ2n) is 6.73. The lowest BCUT2D eigenvalue weighted by Crippen LogP contribution is -2.19. The minimum atomic E-state index is 0.0546. The third-order valence-corrected chi connectivity index (χ3v) is 4.78. The molecule has 0 aliphatic heterocycles. The van der Waals surface area contributed by atoms with Crippen molar-refractivity contribution < 1.29 is 9.59 Å². The van der Waals surface area contributed by atoms with Crippen LogP contribution < -0.4 is 5.32 Å². The molecule has 3 rings (SSSR count). The van der Waals surface area contributed by atoms with Gasteiger partial charge in [0.15, 0.2) is 11.6 Å². The molecule has 0 spiro atoms. The second-order valence-corrected chi connectivity index (χ2v) is 6.73. The Hall–Kier alpha value is -2.62. The van der Waals surface area contributed by atoms with Crippen LogP contribution >= 0.6 is 0 Å². The number of fused-ring (bicyclic) bond motifs is 3. The van der Waals surface area contributed by atoms with E-state index in [1.54, 1.807) is 13.8 Å². The lowest BCUT2D eigenvalue weighted by molar-refractivity contribution is -0.113. The van der Waals surface area contributed by atoms with Gasteiger partial charge in [-0.25, -0.2) is 0 Å². The van der Waals surface area contributed by atoms with Crippen LogP contribution in [0.15, 0.2) is 36.0 Å². The molecule has 1 aliphatic carbocycles. The third kappa shape index (κ3) is 3.29. The summed E-state index contributed by atoms with van der Waals surface area (Å²) in [5.74, 6) is 0.178. The first-order valence-electron chi connectivity index (χ1n) is 8.65. The van der Waals surface area contributed by atoms with Gasteiger partial charge in [-0.05, 0) is 63.5 Å². The monoisotopic (exact) mass is 336 g/mol. The molecule has 25 heavy (non-hydrogen) atoms. The zero-order valence-corrected chi connectivity index (χ0v) is 15.1. The lowest BCUT2D eigenvalue weighted by Gasteiger charge is -2.16. The summed E-state index contributed by atoms with van der Waals surface area (Å²) in [5, 5.41) is 4.33. The van der Waals surface area contributed by atoms with Gasteiger partial charge < -0.3 is 9.88 Å². The molecule has 1 N–H and O–H groups in total. The van der Waals surface area contributed by atoms with Gasteiger partial charge in [0.1, 0.15) is 0 Å². The molecule has 0 saturated carbocycles. The van der Waals surface area contributed by atoms with Crippen molar-refractivity contribution >= 4 is 28.5 Å². The Labute approximate surface area is 148 Å². The van der Waals surface area contributed by atoms with Gasteiger partial charge in [-0.1, -0.05) is 6.58 Å². The van der Waals surface area contributed by atoms with E-state index in [-0.39, 0.29) is 11.6 Å². The number of hydrogen-bond donors (Lipinski definition) is 1. The van der Waals surface area contributed by atoms with Crippen LogP contribution in [0.2, 0.25) is 0 Å². The number of Topliss-reactive ketones (excluding diaryl/α,β-unsaturated/α-hetero) is 2. The molecule has 1 aromatic carbocycles. The van der Waals surface area contributed by atoms with E-state index < -0.39 is 0 Å². The van der Waals surface area contributed by atoms with Crippen molar-refractivity contribution in [3.05, 3.63) is 52.9 Å². The molecular formula is C21H24N2O2. The summed E-state index contributed by atoms with van der Waals surface area (Å²) in [6.45, 7) is 10.6. The van der Waals surface area contributed by atoms with Crippen molar-refractivity contribution in [3.8, 4) is 0 Å². The molecule has 0 radical (unpaired) electrons. The van der Waals surface area contributed by atoms with Crippen LogP contribution in [0.25, 0.3) is 17.0 Å². The standard InChI is InChI=1S/C21H24N2O2/c1-13(2)22-9-10-23-20-7-5-16(14(3)24)11-18(20)19-12-17(15(4)25)6-8-21(19)23/h5,7,11-12,22H,1,6,8-10H2,2-4H3. The van der Waals surface area contributed by atoms with E-state index in [1.165, 1.54) is 5.69 Å². The highest BCUT2D eigenvalue weighted by atomic mass is 16.1. The number of carbonyl (C=O) groups excluding carboxylic acids is 2. The third-order valence-electron chi connectivity index (χ3n) is 4.78. The molecule has 0 bridgehead atoms. The molecule has 0 atom stereocenters. The highest BCUT2D eigenvalue weighted by Gasteiger charge is 2.22. The fourth-order valence-electron chi connectivity index (χ4n) is 3.50. The SMILES string of the molecule is C=C(C)NCCn1c2c(c3cc(C(C)=O)ccc31)C=C(C(C)=O)CC2. The maximum atomic E-state index is 11.8. The summed E-state index contributed by atoms with van der Waals surface area (Å²) in [7, 11) is 0. The van der Waals surface area contributed by atoms with Gasteiger partial charge in [0.2, 0.25) is 0 Å². The summed E-state index contributed by atoms with van der Waals surface area (Å²) in [6.07, 6.45) is 3.63. The van der Waals surface area contributed by atoms with E-state index in [4.69, 9.17) is 0 Å². The van der Waals surface area contributed by atoms with Crippen molar-refractivity contribution in [2.75, 3.05) is 6.54 Å². The Balaban J connectivity index is 2.15. The number of benzene rings is 1. The Morgan fingerprint density at radius 3 is 2.56 bits per heavy atom. The summed E-state index contributed by atoms with van der Waals surface area (Å²) in [6, 6.07) is 5.86. The predicted molar refractivity (Wildman–Crippen MR) is 102 cm³/mol. The van der Waals surface area contributed by atoms with Crippen LogP contribution in [-0.4, -0.2) is 22.7 Å². The van der Waals surface area contributed by atoms with Crippen LogP contribution in [0.5, 0.6) is 0 Å². The fourth-order valence-corrected chi connectivity index (χ4v) is 3.50. The highest BCUT2D eigenvalue weighted by molar-refractivity contribution is 6.04. The summed E-state index contributed by atoms with van der Waals surface area (Å²) >= 11 is 0. The van der Waals surface area contributed by atoms with Crippen LogP contribution in [0.1, 0.15) is 48.8 Å². The number of hydrogen-bond acceptors (Lipinski definition) is 3. The first kappa shape index (κ1) is 17.2. The van der Waals surface area contributed by atoms with Crippen LogP contribution in [0.3, 0.4) is 0 Å². The average Bonchev–Trinajstić information content (AvgIpc) is 2.87. The number of rotatable bonds is 6. The van der Waals surface area contributed by atoms with Crippen molar-refractivity contribution in [2.45, 2.75) is 40.2 Å². The average molecular weight is 336 g/mol. The van der Waals surface area contributed by atoms with Gasteiger partial charge >= 0.3 is 0 Å². The minimum absolute atomic E-state index is 0.0546. The molecule has 1 heterocycles. The number of carbonyl (C=O) groups is 2. The Bertz CT molecular complexity index is 916. The van der Waals surface area contributed by atoms with Crippen LogP contribution in [0, 0.1) is 0 Å². The Kier molecular flexibility index (Phi) is 4.62. The topological polar surface area (TPSA) is 51.1 Å². The zero-order valence-electron chi connectivity index (χ0n) is 15.1. The maximum absolute atomic E-state index is 11.8. The van der Waals surface area contributed by atoms with E-state index in [2.05, 4.69) is 16.5 Å². The Morgan fingerprint density at radius 1 is 1.16 bits per heavy atom. The van der Waals surface area contributed by atoms with Gasteiger partial charge in [-0.15, -0.1) is 0 Å². The summed E-state index contributed by atoms with van der Waals surface area (Å²) in [5.41, 5.74) is 5.95. The number of nitrogens with one attached hydrogen (secondary N) is 1. The molecular weight excluding hydrogens is 312 g/mol.